The Morgan fingerprint density at radius 2 is 1.70 bits per heavy atom. The second kappa shape index (κ2) is 7.27. The summed E-state index contributed by atoms with van der Waals surface area (Å²) < 4.78 is 76.8. The number of aromatic nitrogens is 2. The van der Waals surface area contributed by atoms with Gasteiger partial charge in [-0.3, -0.25) is 0 Å². The lowest BCUT2D eigenvalue weighted by atomic mass is 9.91. The van der Waals surface area contributed by atoms with Gasteiger partial charge < -0.3 is 14.4 Å². The van der Waals surface area contributed by atoms with Crippen LogP contribution in [0.5, 0.6) is 11.5 Å². The predicted octanol–water partition coefficient (Wildman–Crippen LogP) is 2.16. The van der Waals surface area contributed by atoms with Crippen molar-refractivity contribution >= 4 is 15.8 Å². The summed E-state index contributed by atoms with van der Waals surface area (Å²) in [5.74, 6) is 0.845. The van der Waals surface area contributed by atoms with Gasteiger partial charge in [0.25, 0.3) is 0 Å². The van der Waals surface area contributed by atoms with Gasteiger partial charge >= 0.3 is 6.18 Å². The Hall–Kier alpha value is -2.60. The molecule has 5 rings (SSSR count). The molecule has 0 spiro atoms. The van der Waals surface area contributed by atoms with E-state index in [1.165, 1.54) is 36.7 Å². The van der Waals surface area contributed by atoms with Crippen LogP contribution in [-0.2, 0) is 16.2 Å². The van der Waals surface area contributed by atoms with Gasteiger partial charge in [0.2, 0.25) is 10.0 Å². The van der Waals surface area contributed by atoms with E-state index in [0.29, 0.717) is 17.9 Å². The molecule has 0 radical (unpaired) electrons. The van der Waals surface area contributed by atoms with E-state index in [4.69, 9.17) is 9.47 Å². The van der Waals surface area contributed by atoms with E-state index in [-0.39, 0.29) is 35.9 Å². The second-order valence-corrected chi connectivity index (χ2v) is 8.90. The van der Waals surface area contributed by atoms with Gasteiger partial charge in [-0.2, -0.15) is 17.5 Å². The monoisotopic (exact) mass is 444 g/mol. The maximum absolute atomic E-state index is 13.2. The van der Waals surface area contributed by atoms with Crippen LogP contribution in [0.2, 0.25) is 0 Å². The number of methoxy groups -OCH3 is 2. The molecular formula is C18H19F3N4O4S. The number of piperazine rings is 1. The highest BCUT2D eigenvalue weighted by molar-refractivity contribution is 7.89. The Kier molecular flexibility index (Phi) is 5.01. The fourth-order valence-electron chi connectivity index (χ4n) is 3.93. The van der Waals surface area contributed by atoms with Crippen molar-refractivity contribution in [3.8, 4) is 11.5 Å². The standard InChI is InChI=1S/C18H19F3N4O4S/c1-28-14-4-3-13(6-15(14)29-2)30(26,27)25-11-5-12(25)9-24(8-11)17-7-16(18(19,20)21)22-10-23-17/h3-4,6-7,10-12H,5,8-9H2,1-2H3. The Morgan fingerprint density at radius 1 is 1.03 bits per heavy atom. The van der Waals surface area contributed by atoms with Gasteiger partial charge in [0.1, 0.15) is 17.8 Å². The highest BCUT2D eigenvalue weighted by atomic mass is 32.2. The minimum Gasteiger partial charge on any atom is -0.493 e. The van der Waals surface area contributed by atoms with E-state index >= 15 is 0 Å². The normalized spacial score (nSPS) is 21.8. The topological polar surface area (TPSA) is 84.9 Å². The molecule has 3 aliphatic rings. The molecule has 1 aromatic heterocycles. The molecule has 3 aliphatic heterocycles. The summed E-state index contributed by atoms with van der Waals surface area (Å²) in [6, 6.07) is 4.55. The van der Waals surface area contributed by atoms with Gasteiger partial charge in [-0.15, -0.1) is 0 Å². The maximum Gasteiger partial charge on any atom is 0.433 e. The maximum atomic E-state index is 13.2. The summed E-state index contributed by atoms with van der Waals surface area (Å²) >= 11 is 0. The third-order valence-electron chi connectivity index (χ3n) is 5.32. The lowest BCUT2D eigenvalue weighted by Gasteiger charge is -2.55. The molecule has 3 fully saturated rings. The van der Waals surface area contributed by atoms with Crippen molar-refractivity contribution in [1.82, 2.24) is 14.3 Å². The average Bonchev–Trinajstić information content (AvgIpc) is 2.72. The van der Waals surface area contributed by atoms with Crippen LogP contribution in [0.3, 0.4) is 0 Å². The Morgan fingerprint density at radius 3 is 2.30 bits per heavy atom. The number of piperidine rings is 1. The fourth-order valence-corrected chi connectivity index (χ4v) is 5.76. The minimum atomic E-state index is -4.57. The molecule has 30 heavy (non-hydrogen) atoms. The van der Waals surface area contributed by atoms with Crippen LogP contribution in [-0.4, -0.2) is 62.1 Å². The van der Waals surface area contributed by atoms with Crippen molar-refractivity contribution in [2.45, 2.75) is 29.6 Å². The molecule has 0 aliphatic carbocycles. The molecule has 2 bridgehead atoms. The van der Waals surface area contributed by atoms with Crippen molar-refractivity contribution in [2.24, 2.45) is 0 Å². The van der Waals surface area contributed by atoms with Crippen LogP contribution >= 0.6 is 0 Å². The van der Waals surface area contributed by atoms with Gasteiger partial charge in [0.15, 0.2) is 11.5 Å². The molecule has 162 valence electrons. The van der Waals surface area contributed by atoms with Gasteiger partial charge in [-0.25, -0.2) is 18.4 Å². The number of anilines is 1. The zero-order valence-electron chi connectivity index (χ0n) is 16.1. The Labute approximate surface area is 171 Å². The van der Waals surface area contributed by atoms with Crippen molar-refractivity contribution < 1.29 is 31.1 Å². The molecule has 2 aromatic rings. The number of hydrogen-bond acceptors (Lipinski definition) is 7. The number of fused-ring (bicyclic) bond motifs is 2. The molecular weight excluding hydrogens is 425 g/mol. The molecule has 8 nitrogen and oxygen atoms in total. The lowest BCUT2D eigenvalue weighted by Crippen LogP contribution is -2.70. The summed E-state index contributed by atoms with van der Waals surface area (Å²) in [6.45, 7) is 0.495. The van der Waals surface area contributed by atoms with E-state index in [1.807, 2.05) is 0 Å². The molecule has 2 atom stereocenters. The largest absolute Gasteiger partial charge is 0.493 e. The second-order valence-electron chi connectivity index (χ2n) is 7.06. The molecule has 0 amide bonds. The van der Waals surface area contributed by atoms with Crippen LogP contribution in [0.1, 0.15) is 12.1 Å². The fraction of sp³-hybridized carbons (Fsp3) is 0.444. The number of ether oxygens (including phenoxy) is 2. The van der Waals surface area contributed by atoms with Gasteiger partial charge in [0, 0.05) is 37.3 Å². The summed E-state index contributed by atoms with van der Waals surface area (Å²) in [5.41, 5.74) is -1.03. The molecule has 0 N–H and O–H groups in total. The summed E-state index contributed by atoms with van der Waals surface area (Å²) in [4.78, 5) is 8.94. The number of benzene rings is 1. The van der Waals surface area contributed by atoms with Crippen LogP contribution in [0.15, 0.2) is 35.5 Å². The van der Waals surface area contributed by atoms with Gasteiger partial charge in [0.05, 0.1) is 19.1 Å². The van der Waals surface area contributed by atoms with E-state index in [1.54, 1.807) is 4.90 Å². The van der Waals surface area contributed by atoms with Crippen LogP contribution in [0.4, 0.5) is 19.0 Å². The highest BCUT2D eigenvalue weighted by Gasteiger charge is 2.51. The smallest absolute Gasteiger partial charge is 0.433 e. The van der Waals surface area contributed by atoms with Crippen LogP contribution < -0.4 is 14.4 Å². The first-order valence-corrected chi connectivity index (χ1v) is 10.5. The molecule has 1 aromatic carbocycles. The van der Waals surface area contributed by atoms with E-state index in [9.17, 15) is 21.6 Å². The molecule has 12 heteroatoms. The third-order valence-corrected chi connectivity index (χ3v) is 7.32. The minimum absolute atomic E-state index is 0.0738. The number of nitrogens with zero attached hydrogens (tertiary/aromatic N) is 4. The first kappa shape index (κ1) is 20.7. The number of hydrogen-bond donors (Lipinski definition) is 0. The summed E-state index contributed by atoms with van der Waals surface area (Å²) in [7, 11) is -0.923. The van der Waals surface area contributed by atoms with Crippen molar-refractivity contribution in [1.29, 1.82) is 0 Å². The van der Waals surface area contributed by atoms with Crippen LogP contribution in [0, 0.1) is 0 Å². The van der Waals surface area contributed by atoms with Gasteiger partial charge in [-0.1, -0.05) is 0 Å². The van der Waals surface area contributed by atoms with E-state index < -0.39 is 21.9 Å². The molecule has 3 saturated heterocycles. The average molecular weight is 444 g/mol. The molecule has 4 heterocycles. The first-order valence-electron chi connectivity index (χ1n) is 9.05. The zero-order chi connectivity index (χ0) is 21.7. The number of rotatable bonds is 5. The Balaban J connectivity index is 1.55. The van der Waals surface area contributed by atoms with E-state index in [2.05, 4.69) is 9.97 Å². The SMILES string of the molecule is COc1ccc(S(=O)(=O)N2C3CC2CN(c2cc(C(F)(F)F)ncn2)C3)cc1OC. The number of alkyl halides is 3. The molecule has 2 unspecified atom stereocenters. The summed E-state index contributed by atoms with van der Waals surface area (Å²) in [6.07, 6.45) is -3.06. The quantitative estimate of drug-likeness (QED) is 0.699. The van der Waals surface area contributed by atoms with Crippen molar-refractivity contribution in [3.05, 3.63) is 36.3 Å². The number of sulfonamides is 1. The van der Waals surface area contributed by atoms with E-state index in [0.717, 1.165) is 12.4 Å². The number of halogens is 3. The zero-order valence-corrected chi connectivity index (χ0v) is 16.9. The van der Waals surface area contributed by atoms with Gasteiger partial charge in [-0.05, 0) is 18.6 Å². The highest BCUT2D eigenvalue weighted by Crippen LogP contribution is 2.40. The summed E-state index contributed by atoms with van der Waals surface area (Å²) in [5, 5.41) is 0. The predicted molar refractivity (Wildman–Crippen MR) is 100 cm³/mol. The third kappa shape index (κ3) is 3.43. The molecule has 0 saturated carbocycles. The Bertz CT molecular complexity index is 1050. The van der Waals surface area contributed by atoms with Crippen LogP contribution in [0.25, 0.3) is 0 Å². The first-order chi connectivity index (χ1) is 14.1. The van der Waals surface area contributed by atoms with Crippen molar-refractivity contribution in [3.63, 3.8) is 0 Å². The van der Waals surface area contributed by atoms with Crippen molar-refractivity contribution in [2.75, 3.05) is 32.2 Å². The lowest BCUT2D eigenvalue weighted by molar-refractivity contribution is -0.141.